The minimum atomic E-state index is -0.528. The number of aryl methyl sites for hydroxylation is 3. The summed E-state index contributed by atoms with van der Waals surface area (Å²) in [6.45, 7) is 3.82. The molecular weight excluding hydrogens is 460 g/mol. The van der Waals surface area contributed by atoms with E-state index >= 15 is 0 Å². The molecule has 176 valence electrons. The Labute approximate surface area is 200 Å². The lowest BCUT2D eigenvalue weighted by Crippen LogP contribution is -2.20. The lowest BCUT2D eigenvalue weighted by Gasteiger charge is -2.09. The van der Waals surface area contributed by atoms with E-state index in [1.165, 1.54) is 16.9 Å². The van der Waals surface area contributed by atoms with Crippen LogP contribution in [-0.2, 0) is 20.7 Å². The second-order valence-corrected chi connectivity index (χ2v) is 8.05. The highest BCUT2D eigenvalue weighted by molar-refractivity contribution is 6.32. The maximum absolute atomic E-state index is 12.9. The number of rotatable bonds is 7. The Morgan fingerprint density at radius 1 is 1.00 bits per heavy atom. The van der Waals surface area contributed by atoms with Crippen molar-refractivity contribution in [2.24, 2.45) is 14.1 Å². The van der Waals surface area contributed by atoms with Crippen LogP contribution in [0.5, 0.6) is 5.75 Å². The van der Waals surface area contributed by atoms with Gasteiger partial charge in [0, 0.05) is 14.1 Å². The predicted molar refractivity (Wildman–Crippen MR) is 126 cm³/mol. The van der Waals surface area contributed by atoms with E-state index in [1.54, 1.807) is 37.1 Å². The molecule has 0 spiro atoms. The first-order valence-electron chi connectivity index (χ1n) is 10.3. The van der Waals surface area contributed by atoms with Crippen molar-refractivity contribution >= 4 is 34.8 Å². The normalized spacial score (nSPS) is 10.9. The topological polar surface area (TPSA) is 116 Å². The third-order valence-electron chi connectivity index (χ3n) is 5.29. The van der Waals surface area contributed by atoms with Gasteiger partial charge in [0.1, 0.15) is 23.8 Å². The Morgan fingerprint density at radius 2 is 1.71 bits per heavy atom. The first-order valence-corrected chi connectivity index (χ1v) is 10.7. The molecule has 3 heterocycles. The zero-order valence-corrected chi connectivity index (χ0v) is 19.8. The van der Waals surface area contributed by atoms with E-state index in [2.05, 4.69) is 20.8 Å². The molecule has 0 aliphatic carbocycles. The number of nitrogens with one attached hydrogen (secondary N) is 2. The highest BCUT2D eigenvalue weighted by Gasteiger charge is 2.22. The largest absolute Gasteiger partial charge is 0.484 e. The molecule has 10 nitrogen and oxygen atoms in total. The summed E-state index contributed by atoms with van der Waals surface area (Å²) in [6.07, 6.45) is 2.95. The third-order valence-corrected chi connectivity index (χ3v) is 5.59. The summed E-state index contributed by atoms with van der Waals surface area (Å²) in [4.78, 5) is 25.6. The summed E-state index contributed by atoms with van der Waals surface area (Å²) in [5.41, 5.74) is 2.67. The van der Waals surface area contributed by atoms with Gasteiger partial charge in [0.05, 0.1) is 34.5 Å². The number of carbonyl (C=O) groups is 2. The van der Waals surface area contributed by atoms with Crippen LogP contribution in [0.2, 0.25) is 5.02 Å². The molecule has 0 saturated carbocycles. The first-order chi connectivity index (χ1) is 16.2. The maximum Gasteiger partial charge on any atom is 0.291 e. The highest BCUT2D eigenvalue weighted by atomic mass is 35.5. The summed E-state index contributed by atoms with van der Waals surface area (Å²) >= 11 is 6.18. The lowest BCUT2D eigenvalue weighted by molar-refractivity contribution is 0.0992. The summed E-state index contributed by atoms with van der Waals surface area (Å²) in [5.74, 6) is 0.102. The zero-order chi connectivity index (χ0) is 24.4. The van der Waals surface area contributed by atoms with Crippen LogP contribution in [0.1, 0.15) is 38.1 Å². The molecule has 2 amide bonds. The average Bonchev–Trinajstić information content (AvgIpc) is 3.49. The minimum Gasteiger partial charge on any atom is -0.484 e. The van der Waals surface area contributed by atoms with Gasteiger partial charge in [-0.05, 0) is 37.6 Å². The summed E-state index contributed by atoms with van der Waals surface area (Å²) in [5, 5.41) is 14.2. The Balaban J connectivity index is 1.44. The Hall–Kier alpha value is -4.05. The van der Waals surface area contributed by atoms with Gasteiger partial charge in [-0.1, -0.05) is 23.7 Å². The molecule has 0 saturated heterocycles. The first kappa shape index (κ1) is 23.1. The minimum absolute atomic E-state index is 0.0628. The molecule has 4 rings (SSSR count). The standard InChI is InChI=1S/C23H23ClN6O4/c1-13-6-5-7-16(24)21(13)33-12-15-8-9-19(34-15)22(31)28-18-11-26-30(4)20(18)23(32)27-17-10-25-29(3)14(17)2/h5-11H,12H2,1-4H3,(H,27,32)(H,28,31). The number of ether oxygens (including phenoxy) is 1. The van der Waals surface area contributed by atoms with Crippen LogP contribution < -0.4 is 15.4 Å². The lowest BCUT2D eigenvalue weighted by atomic mass is 10.2. The Morgan fingerprint density at radius 3 is 2.41 bits per heavy atom. The molecule has 0 aliphatic heterocycles. The van der Waals surface area contributed by atoms with E-state index in [-0.39, 0.29) is 23.7 Å². The van der Waals surface area contributed by atoms with Crippen LogP contribution in [0, 0.1) is 13.8 Å². The Kier molecular flexibility index (Phi) is 6.42. The van der Waals surface area contributed by atoms with Crippen LogP contribution >= 0.6 is 11.6 Å². The monoisotopic (exact) mass is 482 g/mol. The SMILES string of the molecule is Cc1cccc(Cl)c1OCc1ccc(C(=O)Nc2cnn(C)c2C(=O)Nc2cnn(C)c2C)o1. The summed E-state index contributed by atoms with van der Waals surface area (Å²) in [6, 6.07) is 8.64. The Bertz CT molecular complexity index is 1350. The number of carbonyl (C=O) groups excluding carboxylic acids is 2. The molecule has 11 heteroatoms. The molecule has 0 aliphatic rings. The number of nitrogens with zero attached hydrogens (tertiary/aromatic N) is 4. The van der Waals surface area contributed by atoms with Crippen molar-refractivity contribution in [3.8, 4) is 5.75 Å². The summed E-state index contributed by atoms with van der Waals surface area (Å²) in [7, 11) is 3.39. The van der Waals surface area contributed by atoms with Crippen molar-refractivity contribution in [3.63, 3.8) is 0 Å². The molecule has 0 radical (unpaired) electrons. The number of amides is 2. The molecule has 0 unspecified atom stereocenters. The smallest absolute Gasteiger partial charge is 0.291 e. The van der Waals surface area contributed by atoms with Gasteiger partial charge in [0.2, 0.25) is 0 Å². The second kappa shape index (κ2) is 9.44. The van der Waals surface area contributed by atoms with Gasteiger partial charge >= 0.3 is 0 Å². The maximum atomic E-state index is 12.9. The van der Waals surface area contributed by atoms with Gasteiger partial charge in [0.25, 0.3) is 11.8 Å². The number of benzene rings is 1. The van der Waals surface area contributed by atoms with Gasteiger partial charge < -0.3 is 19.8 Å². The van der Waals surface area contributed by atoms with E-state index in [0.29, 0.717) is 22.2 Å². The number of anilines is 2. The van der Waals surface area contributed by atoms with Crippen LogP contribution in [0.3, 0.4) is 0 Å². The predicted octanol–water partition coefficient (Wildman–Crippen LogP) is 4.10. The number of aromatic nitrogens is 4. The van der Waals surface area contributed by atoms with Crippen molar-refractivity contribution in [1.82, 2.24) is 19.6 Å². The second-order valence-electron chi connectivity index (χ2n) is 7.65. The summed E-state index contributed by atoms with van der Waals surface area (Å²) < 4.78 is 14.4. The van der Waals surface area contributed by atoms with E-state index in [1.807, 2.05) is 26.0 Å². The van der Waals surface area contributed by atoms with Crippen molar-refractivity contribution in [2.75, 3.05) is 10.6 Å². The fourth-order valence-electron chi connectivity index (χ4n) is 3.31. The number of para-hydroxylation sites is 1. The van der Waals surface area contributed by atoms with Gasteiger partial charge in [-0.15, -0.1) is 0 Å². The molecule has 34 heavy (non-hydrogen) atoms. The number of furan rings is 1. The molecule has 1 aromatic carbocycles. The van der Waals surface area contributed by atoms with Crippen molar-refractivity contribution in [3.05, 3.63) is 76.2 Å². The van der Waals surface area contributed by atoms with Crippen molar-refractivity contribution < 1.29 is 18.7 Å². The van der Waals surface area contributed by atoms with Crippen LogP contribution in [0.15, 0.2) is 47.1 Å². The van der Waals surface area contributed by atoms with Crippen molar-refractivity contribution in [1.29, 1.82) is 0 Å². The van der Waals surface area contributed by atoms with Crippen LogP contribution in [0.25, 0.3) is 0 Å². The molecule has 3 aromatic heterocycles. The molecule has 0 bridgehead atoms. The number of halogens is 1. The quantitative estimate of drug-likeness (QED) is 0.409. The van der Waals surface area contributed by atoms with Gasteiger partial charge in [-0.3, -0.25) is 19.0 Å². The van der Waals surface area contributed by atoms with E-state index in [9.17, 15) is 9.59 Å². The number of hydrogen-bond donors (Lipinski definition) is 2. The van der Waals surface area contributed by atoms with Gasteiger partial charge in [-0.25, -0.2) is 0 Å². The zero-order valence-electron chi connectivity index (χ0n) is 19.0. The molecule has 0 atom stereocenters. The van der Waals surface area contributed by atoms with Crippen LogP contribution in [-0.4, -0.2) is 31.4 Å². The molecule has 4 aromatic rings. The van der Waals surface area contributed by atoms with Gasteiger partial charge in [0.15, 0.2) is 5.76 Å². The van der Waals surface area contributed by atoms with E-state index in [0.717, 1.165) is 11.3 Å². The van der Waals surface area contributed by atoms with E-state index in [4.69, 9.17) is 20.8 Å². The molecular formula is C23H23ClN6O4. The fraction of sp³-hybridized carbons (Fsp3) is 0.217. The molecule has 2 N–H and O–H groups in total. The van der Waals surface area contributed by atoms with Crippen LogP contribution in [0.4, 0.5) is 11.4 Å². The van der Waals surface area contributed by atoms with Gasteiger partial charge in [-0.2, -0.15) is 10.2 Å². The highest BCUT2D eigenvalue weighted by Crippen LogP contribution is 2.29. The fourth-order valence-corrected chi connectivity index (χ4v) is 3.58. The molecule has 0 fully saturated rings. The third kappa shape index (κ3) is 4.67. The average molecular weight is 483 g/mol. The number of hydrogen-bond acceptors (Lipinski definition) is 6. The van der Waals surface area contributed by atoms with E-state index < -0.39 is 11.8 Å². The van der Waals surface area contributed by atoms with Crippen molar-refractivity contribution in [2.45, 2.75) is 20.5 Å².